The molecule has 0 spiro atoms. The van der Waals surface area contributed by atoms with Gasteiger partial charge in [0.25, 0.3) is 5.91 Å². The first-order valence-electron chi connectivity index (χ1n) is 5.46. The van der Waals surface area contributed by atoms with Crippen LogP contribution in [0.2, 0.25) is 5.15 Å². The van der Waals surface area contributed by atoms with Crippen LogP contribution in [-0.2, 0) is 0 Å². The Bertz CT molecular complexity index is 626. The Balaban J connectivity index is 2.31. The molecule has 2 aromatic rings. The maximum Gasteiger partial charge on any atom is 0.258 e. The first-order valence-corrected chi connectivity index (χ1v) is 5.84. The zero-order valence-electron chi connectivity index (χ0n) is 10.1. The van der Waals surface area contributed by atoms with Crippen molar-refractivity contribution in [2.24, 2.45) is 0 Å². The number of nitrogens with two attached hydrogens (primary N) is 1. The van der Waals surface area contributed by atoms with Crippen molar-refractivity contribution in [3.05, 3.63) is 52.6 Å². The average molecular weight is 280 g/mol. The molecule has 1 aromatic carbocycles. The second kappa shape index (κ2) is 5.24. The predicted octanol–water partition coefficient (Wildman–Crippen LogP) is 3.02. The summed E-state index contributed by atoms with van der Waals surface area (Å²) in [7, 11) is 0. The van der Waals surface area contributed by atoms with Crippen LogP contribution in [-0.4, -0.2) is 10.9 Å². The van der Waals surface area contributed by atoms with Crippen LogP contribution >= 0.6 is 11.6 Å². The number of nitrogens with zero attached hydrogens (tertiary/aromatic N) is 1. The van der Waals surface area contributed by atoms with Gasteiger partial charge in [0.1, 0.15) is 5.82 Å². The third-order valence-electron chi connectivity index (χ3n) is 2.59. The van der Waals surface area contributed by atoms with Gasteiger partial charge in [-0.3, -0.25) is 4.79 Å². The highest BCUT2D eigenvalue weighted by Gasteiger charge is 2.15. The van der Waals surface area contributed by atoms with Crippen molar-refractivity contribution in [3.63, 3.8) is 0 Å². The van der Waals surface area contributed by atoms with Gasteiger partial charge in [-0.2, -0.15) is 0 Å². The van der Waals surface area contributed by atoms with E-state index >= 15 is 0 Å². The Labute approximate surface area is 114 Å². The van der Waals surface area contributed by atoms with Crippen LogP contribution in [0.5, 0.6) is 0 Å². The zero-order valence-corrected chi connectivity index (χ0v) is 10.8. The number of hydrogen-bond donors (Lipinski definition) is 2. The van der Waals surface area contributed by atoms with Gasteiger partial charge in [0, 0.05) is 11.9 Å². The molecule has 0 radical (unpaired) electrons. The Kier molecular flexibility index (Phi) is 3.66. The summed E-state index contributed by atoms with van der Waals surface area (Å²) in [5.74, 6) is -1.29. The lowest BCUT2D eigenvalue weighted by molar-refractivity contribution is 0.102. The zero-order chi connectivity index (χ0) is 14.0. The van der Waals surface area contributed by atoms with Gasteiger partial charge in [-0.15, -0.1) is 0 Å². The lowest BCUT2D eigenvalue weighted by Crippen LogP contribution is -2.15. The number of aryl methyl sites for hydroxylation is 1. The van der Waals surface area contributed by atoms with Crippen LogP contribution in [0, 0.1) is 12.7 Å². The maximum atomic E-state index is 13.6. The predicted molar refractivity (Wildman–Crippen MR) is 72.7 cm³/mol. The van der Waals surface area contributed by atoms with Crippen LogP contribution < -0.4 is 11.1 Å². The van der Waals surface area contributed by atoms with E-state index in [1.54, 1.807) is 13.0 Å². The van der Waals surface area contributed by atoms with Gasteiger partial charge in [-0.25, -0.2) is 9.37 Å². The molecule has 6 heteroatoms. The molecule has 0 aliphatic rings. The molecule has 3 N–H and O–H groups in total. The molecule has 0 fully saturated rings. The van der Waals surface area contributed by atoms with E-state index in [1.165, 1.54) is 18.3 Å². The van der Waals surface area contributed by atoms with Crippen LogP contribution in [0.1, 0.15) is 15.9 Å². The number of nitrogen functional groups attached to an aromatic ring is 1. The molecule has 1 aromatic heterocycles. The number of amides is 1. The number of hydrogen-bond acceptors (Lipinski definition) is 3. The van der Waals surface area contributed by atoms with E-state index < -0.39 is 11.7 Å². The summed E-state index contributed by atoms with van der Waals surface area (Å²) in [4.78, 5) is 15.8. The fourth-order valence-corrected chi connectivity index (χ4v) is 1.82. The van der Waals surface area contributed by atoms with E-state index in [1.807, 2.05) is 0 Å². The van der Waals surface area contributed by atoms with E-state index in [2.05, 4.69) is 10.3 Å². The fourth-order valence-electron chi connectivity index (χ4n) is 1.57. The second-order valence-electron chi connectivity index (χ2n) is 3.99. The fraction of sp³-hybridized carbons (Fsp3) is 0.0769. The Morgan fingerprint density at radius 3 is 2.79 bits per heavy atom. The number of nitrogens with one attached hydrogen (secondary N) is 1. The third-order valence-corrected chi connectivity index (χ3v) is 2.88. The van der Waals surface area contributed by atoms with Crippen molar-refractivity contribution in [1.29, 1.82) is 0 Å². The van der Waals surface area contributed by atoms with Gasteiger partial charge in [-0.1, -0.05) is 11.6 Å². The molecule has 0 atom stereocenters. The largest absolute Gasteiger partial charge is 0.399 e. The van der Waals surface area contributed by atoms with E-state index in [4.69, 9.17) is 17.3 Å². The quantitative estimate of drug-likeness (QED) is 0.656. The summed E-state index contributed by atoms with van der Waals surface area (Å²) in [5, 5.41) is 2.70. The minimum Gasteiger partial charge on any atom is -0.399 e. The minimum atomic E-state index is -0.685. The summed E-state index contributed by atoms with van der Waals surface area (Å²) in [5.41, 5.74) is 6.68. The van der Waals surface area contributed by atoms with Crippen molar-refractivity contribution in [2.45, 2.75) is 6.92 Å². The van der Waals surface area contributed by atoms with Gasteiger partial charge in [-0.05, 0) is 36.8 Å². The van der Waals surface area contributed by atoms with Crippen molar-refractivity contribution in [1.82, 2.24) is 4.98 Å². The highest BCUT2D eigenvalue weighted by atomic mass is 35.5. The number of pyridine rings is 1. The van der Waals surface area contributed by atoms with Crippen molar-refractivity contribution in [2.75, 3.05) is 11.1 Å². The lowest BCUT2D eigenvalue weighted by atomic mass is 10.1. The number of rotatable bonds is 2. The summed E-state index contributed by atoms with van der Waals surface area (Å²) in [6, 6.07) is 5.56. The summed E-state index contributed by atoms with van der Waals surface area (Å²) in [6.07, 6.45) is 1.52. The van der Waals surface area contributed by atoms with Crippen molar-refractivity contribution >= 4 is 28.9 Å². The molecule has 0 aliphatic carbocycles. The molecule has 0 bridgehead atoms. The normalized spacial score (nSPS) is 10.3. The first-order chi connectivity index (χ1) is 8.99. The topological polar surface area (TPSA) is 68.0 Å². The highest BCUT2D eigenvalue weighted by molar-refractivity contribution is 6.32. The summed E-state index contributed by atoms with van der Waals surface area (Å²) < 4.78 is 13.6. The number of benzene rings is 1. The van der Waals surface area contributed by atoms with Gasteiger partial charge in [0.05, 0.1) is 11.3 Å². The molecule has 1 heterocycles. The maximum absolute atomic E-state index is 13.6. The van der Waals surface area contributed by atoms with Gasteiger partial charge >= 0.3 is 0 Å². The summed E-state index contributed by atoms with van der Waals surface area (Å²) in [6.45, 7) is 1.77. The SMILES string of the molecule is Cc1ccnc(Cl)c1NC(=O)c1ccc(N)cc1F. The first kappa shape index (κ1) is 13.3. The molecule has 4 nitrogen and oxygen atoms in total. The van der Waals surface area contributed by atoms with E-state index in [0.29, 0.717) is 5.69 Å². The van der Waals surface area contributed by atoms with E-state index in [-0.39, 0.29) is 16.4 Å². The molecule has 0 unspecified atom stereocenters. The molecule has 19 heavy (non-hydrogen) atoms. The standard InChI is InChI=1S/C13H11ClFN3O/c1-7-4-5-17-12(14)11(7)18-13(19)9-3-2-8(16)6-10(9)15/h2-6H,16H2,1H3,(H,18,19). The molecule has 0 aliphatic heterocycles. The number of anilines is 2. The Morgan fingerprint density at radius 1 is 1.42 bits per heavy atom. The molecular weight excluding hydrogens is 269 g/mol. The van der Waals surface area contributed by atoms with Gasteiger partial charge < -0.3 is 11.1 Å². The second-order valence-corrected chi connectivity index (χ2v) is 4.35. The minimum absolute atomic E-state index is 0.103. The lowest BCUT2D eigenvalue weighted by Gasteiger charge is -2.10. The number of halogens is 2. The average Bonchev–Trinajstić information content (AvgIpc) is 2.33. The molecule has 0 saturated heterocycles. The smallest absolute Gasteiger partial charge is 0.258 e. The summed E-state index contributed by atoms with van der Waals surface area (Å²) >= 11 is 5.89. The molecular formula is C13H11ClFN3O. The number of carbonyl (C=O) groups excluding carboxylic acids is 1. The molecule has 1 amide bonds. The third kappa shape index (κ3) is 2.82. The monoisotopic (exact) mass is 279 g/mol. The van der Waals surface area contributed by atoms with Crippen molar-refractivity contribution in [3.8, 4) is 0 Å². The Hall–Kier alpha value is -2.14. The van der Waals surface area contributed by atoms with Gasteiger partial charge in [0.15, 0.2) is 5.15 Å². The Morgan fingerprint density at radius 2 is 2.16 bits per heavy atom. The molecule has 98 valence electrons. The number of carbonyl (C=O) groups is 1. The highest BCUT2D eigenvalue weighted by Crippen LogP contribution is 2.24. The van der Waals surface area contributed by atoms with E-state index in [9.17, 15) is 9.18 Å². The molecule has 0 saturated carbocycles. The van der Waals surface area contributed by atoms with E-state index in [0.717, 1.165) is 11.6 Å². The molecule has 2 rings (SSSR count). The van der Waals surface area contributed by atoms with Crippen LogP contribution in [0.4, 0.5) is 15.8 Å². The van der Waals surface area contributed by atoms with Crippen molar-refractivity contribution < 1.29 is 9.18 Å². The van der Waals surface area contributed by atoms with Crippen LogP contribution in [0.3, 0.4) is 0 Å². The van der Waals surface area contributed by atoms with Crippen LogP contribution in [0.25, 0.3) is 0 Å². The van der Waals surface area contributed by atoms with Gasteiger partial charge in [0.2, 0.25) is 0 Å². The van der Waals surface area contributed by atoms with Crippen LogP contribution in [0.15, 0.2) is 30.5 Å². The number of aromatic nitrogens is 1.